The van der Waals surface area contributed by atoms with Crippen LogP contribution < -0.4 is 5.32 Å². The van der Waals surface area contributed by atoms with E-state index in [1.165, 1.54) is 12.1 Å². The Morgan fingerprint density at radius 1 is 1.38 bits per heavy atom. The molecule has 0 aliphatic carbocycles. The van der Waals surface area contributed by atoms with E-state index in [0.29, 0.717) is 18.7 Å². The van der Waals surface area contributed by atoms with Gasteiger partial charge in [-0.25, -0.2) is 0 Å². The van der Waals surface area contributed by atoms with Crippen molar-refractivity contribution in [3.63, 3.8) is 0 Å². The predicted octanol–water partition coefficient (Wildman–Crippen LogP) is 4.35. The van der Waals surface area contributed by atoms with Crippen LogP contribution in [0, 0.1) is 0 Å². The molecular formula is C11H11ClF3N. The van der Waals surface area contributed by atoms with Gasteiger partial charge in [0.05, 0.1) is 10.6 Å². The van der Waals surface area contributed by atoms with Gasteiger partial charge in [0.2, 0.25) is 0 Å². The zero-order valence-electron chi connectivity index (χ0n) is 8.44. The molecule has 0 unspecified atom stereocenters. The smallest absolute Gasteiger partial charge is 0.385 e. The lowest BCUT2D eigenvalue weighted by Gasteiger charge is -2.11. The van der Waals surface area contributed by atoms with Gasteiger partial charge in [-0.05, 0) is 24.6 Å². The third-order valence-corrected chi connectivity index (χ3v) is 2.28. The average Bonchev–Trinajstić information content (AvgIpc) is 2.19. The Morgan fingerprint density at radius 3 is 2.62 bits per heavy atom. The van der Waals surface area contributed by atoms with E-state index in [1.807, 2.05) is 0 Å². The highest BCUT2D eigenvalue weighted by Gasteiger charge is 2.33. The standard InChI is InChI=1S/C11H11ClF3N/c1-2-3-6-16-8-4-5-10(12)9(7-8)11(13,14)15/h2,4-5,7,16H,1,3,6H2. The van der Waals surface area contributed by atoms with Crippen LogP contribution >= 0.6 is 11.6 Å². The minimum absolute atomic E-state index is 0.290. The zero-order valence-corrected chi connectivity index (χ0v) is 9.20. The van der Waals surface area contributed by atoms with E-state index in [9.17, 15) is 13.2 Å². The number of hydrogen-bond acceptors (Lipinski definition) is 1. The van der Waals surface area contributed by atoms with Crippen molar-refractivity contribution < 1.29 is 13.2 Å². The maximum atomic E-state index is 12.5. The molecule has 16 heavy (non-hydrogen) atoms. The molecule has 0 spiro atoms. The first-order valence-corrected chi connectivity index (χ1v) is 5.04. The summed E-state index contributed by atoms with van der Waals surface area (Å²) in [5, 5.41) is 2.57. The summed E-state index contributed by atoms with van der Waals surface area (Å²) in [6.07, 6.45) is -2.05. The first-order valence-electron chi connectivity index (χ1n) is 4.66. The van der Waals surface area contributed by atoms with Crippen LogP contribution in [0.1, 0.15) is 12.0 Å². The molecule has 0 atom stereocenters. The first-order chi connectivity index (χ1) is 7.45. The summed E-state index contributed by atoms with van der Waals surface area (Å²) in [4.78, 5) is 0. The van der Waals surface area contributed by atoms with Gasteiger partial charge in [-0.2, -0.15) is 13.2 Å². The summed E-state index contributed by atoms with van der Waals surface area (Å²) >= 11 is 5.48. The van der Waals surface area contributed by atoms with E-state index >= 15 is 0 Å². The second kappa shape index (κ2) is 5.25. The number of benzene rings is 1. The Morgan fingerprint density at radius 2 is 2.06 bits per heavy atom. The summed E-state index contributed by atoms with van der Waals surface area (Å²) in [5.41, 5.74) is -0.420. The molecule has 0 saturated carbocycles. The van der Waals surface area contributed by atoms with Gasteiger partial charge in [0.15, 0.2) is 0 Å². The maximum Gasteiger partial charge on any atom is 0.417 e. The lowest BCUT2D eigenvalue weighted by atomic mass is 10.2. The summed E-state index contributed by atoms with van der Waals surface area (Å²) in [6.45, 7) is 4.07. The SMILES string of the molecule is C=CCCNc1ccc(Cl)c(C(F)(F)F)c1. The second-order valence-electron chi connectivity index (χ2n) is 3.20. The van der Waals surface area contributed by atoms with Crippen molar-refractivity contribution in [2.45, 2.75) is 12.6 Å². The molecule has 0 bridgehead atoms. The Labute approximate surface area is 96.9 Å². The second-order valence-corrected chi connectivity index (χ2v) is 3.60. The lowest BCUT2D eigenvalue weighted by molar-refractivity contribution is -0.137. The topological polar surface area (TPSA) is 12.0 Å². The molecular weight excluding hydrogens is 239 g/mol. The molecule has 0 heterocycles. The van der Waals surface area contributed by atoms with Crippen molar-refractivity contribution in [2.75, 3.05) is 11.9 Å². The Balaban J connectivity index is 2.85. The Kier molecular flexibility index (Phi) is 4.24. The monoisotopic (exact) mass is 249 g/mol. The molecule has 1 aromatic carbocycles. The summed E-state index contributed by atoms with van der Waals surface area (Å²) < 4.78 is 37.5. The normalized spacial score (nSPS) is 11.2. The Hall–Kier alpha value is -1.16. The molecule has 0 radical (unpaired) electrons. The van der Waals surface area contributed by atoms with Crippen molar-refractivity contribution in [1.29, 1.82) is 0 Å². The van der Waals surface area contributed by atoms with E-state index in [1.54, 1.807) is 6.08 Å². The van der Waals surface area contributed by atoms with Gasteiger partial charge in [-0.3, -0.25) is 0 Å². The molecule has 0 saturated heterocycles. The quantitative estimate of drug-likeness (QED) is 0.618. The highest BCUT2D eigenvalue weighted by Crippen LogP contribution is 2.36. The molecule has 1 aromatic rings. The number of nitrogens with one attached hydrogen (secondary N) is 1. The fourth-order valence-electron chi connectivity index (χ4n) is 1.17. The van der Waals surface area contributed by atoms with Crippen LogP contribution in [-0.2, 0) is 6.18 Å². The van der Waals surface area contributed by atoms with Crippen molar-refractivity contribution in [2.24, 2.45) is 0 Å². The maximum absolute atomic E-state index is 12.5. The van der Waals surface area contributed by atoms with E-state index < -0.39 is 11.7 Å². The van der Waals surface area contributed by atoms with Gasteiger partial charge in [-0.15, -0.1) is 6.58 Å². The van der Waals surface area contributed by atoms with Gasteiger partial charge in [0.1, 0.15) is 0 Å². The molecule has 0 aliphatic rings. The molecule has 0 aliphatic heterocycles. The first kappa shape index (κ1) is 12.9. The van der Waals surface area contributed by atoms with Crippen LogP contribution in [0.5, 0.6) is 0 Å². The summed E-state index contributed by atoms with van der Waals surface area (Å²) in [7, 11) is 0. The highest BCUT2D eigenvalue weighted by atomic mass is 35.5. The number of hydrogen-bond donors (Lipinski definition) is 1. The van der Waals surface area contributed by atoms with E-state index in [2.05, 4.69) is 11.9 Å². The molecule has 0 fully saturated rings. The lowest BCUT2D eigenvalue weighted by Crippen LogP contribution is -2.07. The molecule has 88 valence electrons. The predicted molar refractivity (Wildman–Crippen MR) is 59.8 cm³/mol. The third-order valence-electron chi connectivity index (χ3n) is 1.95. The van der Waals surface area contributed by atoms with Crippen LogP contribution in [0.25, 0.3) is 0 Å². The van der Waals surface area contributed by atoms with Crippen LogP contribution in [0.2, 0.25) is 5.02 Å². The molecule has 1 N–H and O–H groups in total. The van der Waals surface area contributed by atoms with Gasteiger partial charge in [-0.1, -0.05) is 17.7 Å². The van der Waals surface area contributed by atoms with Crippen LogP contribution in [0.4, 0.5) is 18.9 Å². The largest absolute Gasteiger partial charge is 0.417 e. The van der Waals surface area contributed by atoms with Crippen molar-refractivity contribution in [3.05, 3.63) is 41.4 Å². The van der Waals surface area contributed by atoms with Crippen LogP contribution in [0.15, 0.2) is 30.9 Å². The Bertz CT molecular complexity index is 374. The van der Waals surface area contributed by atoms with E-state index in [-0.39, 0.29) is 5.02 Å². The van der Waals surface area contributed by atoms with Gasteiger partial charge in [0, 0.05) is 12.2 Å². The molecule has 5 heteroatoms. The van der Waals surface area contributed by atoms with Crippen LogP contribution in [0.3, 0.4) is 0 Å². The number of alkyl halides is 3. The summed E-state index contributed by atoms with van der Waals surface area (Å²) in [5.74, 6) is 0. The number of anilines is 1. The van der Waals surface area contributed by atoms with Crippen molar-refractivity contribution in [1.82, 2.24) is 0 Å². The van der Waals surface area contributed by atoms with Crippen molar-refractivity contribution >= 4 is 17.3 Å². The van der Waals surface area contributed by atoms with E-state index in [0.717, 1.165) is 6.07 Å². The van der Waals surface area contributed by atoms with Gasteiger partial charge in [0.25, 0.3) is 0 Å². The van der Waals surface area contributed by atoms with E-state index in [4.69, 9.17) is 11.6 Å². The number of rotatable bonds is 4. The molecule has 1 nitrogen and oxygen atoms in total. The molecule has 0 aromatic heterocycles. The minimum Gasteiger partial charge on any atom is -0.385 e. The number of halogens is 4. The fraction of sp³-hybridized carbons (Fsp3) is 0.273. The average molecular weight is 250 g/mol. The van der Waals surface area contributed by atoms with Gasteiger partial charge < -0.3 is 5.32 Å². The van der Waals surface area contributed by atoms with Crippen LogP contribution in [-0.4, -0.2) is 6.54 Å². The van der Waals surface area contributed by atoms with Crippen molar-refractivity contribution in [3.8, 4) is 0 Å². The van der Waals surface area contributed by atoms with Gasteiger partial charge >= 0.3 is 6.18 Å². The summed E-state index contributed by atoms with van der Waals surface area (Å²) in [6, 6.07) is 3.76. The minimum atomic E-state index is -4.42. The highest BCUT2D eigenvalue weighted by molar-refractivity contribution is 6.31. The molecule has 0 amide bonds. The molecule has 1 rings (SSSR count). The third kappa shape index (κ3) is 3.45. The fourth-order valence-corrected chi connectivity index (χ4v) is 1.40. The zero-order chi connectivity index (χ0) is 12.2.